The Morgan fingerprint density at radius 1 is 0.968 bits per heavy atom. The lowest BCUT2D eigenvalue weighted by atomic mass is 10.0. The topological polar surface area (TPSA) is 77.6 Å². The fraction of sp³-hybridized carbons (Fsp3) is 0.381. The van der Waals surface area contributed by atoms with E-state index in [-0.39, 0.29) is 24.3 Å². The number of tetrazole rings is 1. The Balaban J connectivity index is 0.00000231. The summed E-state index contributed by atoms with van der Waals surface area (Å²) < 4.78 is 17.2. The van der Waals surface area contributed by atoms with Crippen molar-refractivity contribution in [1.82, 2.24) is 40.1 Å². The molecule has 0 atom stereocenters. The van der Waals surface area contributed by atoms with Crippen LogP contribution in [0.3, 0.4) is 0 Å². The van der Waals surface area contributed by atoms with Gasteiger partial charge in [0.15, 0.2) is 5.82 Å². The van der Waals surface area contributed by atoms with E-state index >= 15 is 0 Å². The Labute approximate surface area is 185 Å². The van der Waals surface area contributed by atoms with Crippen molar-refractivity contribution < 1.29 is 16.8 Å². The molecule has 0 aliphatic carbocycles. The predicted molar refractivity (Wildman–Crippen MR) is 109 cm³/mol. The summed E-state index contributed by atoms with van der Waals surface area (Å²) in [5, 5.41) is 20.7. The first kappa shape index (κ1) is 21.3. The zero-order valence-corrected chi connectivity index (χ0v) is 17.7. The minimum Gasteiger partial charge on any atom is -1.00 e. The molecule has 162 valence electrons. The van der Waals surface area contributed by atoms with Crippen molar-refractivity contribution in [2.45, 2.75) is 38.4 Å². The van der Waals surface area contributed by atoms with Gasteiger partial charge in [-0.25, -0.2) is 13.8 Å². The van der Waals surface area contributed by atoms with Crippen LogP contribution < -0.4 is 12.4 Å². The molecule has 0 spiro atoms. The molecule has 2 aromatic carbocycles. The van der Waals surface area contributed by atoms with Crippen molar-refractivity contribution in [3.05, 3.63) is 65.7 Å². The van der Waals surface area contributed by atoms with Crippen molar-refractivity contribution in [2.24, 2.45) is 0 Å². The number of halogens is 2. The summed E-state index contributed by atoms with van der Waals surface area (Å²) in [4.78, 5) is 2.37. The van der Waals surface area contributed by atoms with Crippen molar-refractivity contribution in [3.8, 4) is 0 Å². The van der Waals surface area contributed by atoms with Gasteiger partial charge in [0, 0.05) is 25.7 Å². The number of hydrogen-bond donors (Lipinski definition) is 0. The first-order valence-electron chi connectivity index (χ1n) is 10.3. The molecular weight excluding hydrogens is 419 g/mol. The molecule has 0 saturated carbocycles. The van der Waals surface area contributed by atoms with Gasteiger partial charge in [-0.15, -0.1) is 10.2 Å². The first-order chi connectivity index (χ1) is 14.8. The number of aromatic nitrogens is 7. The van der Waals surface area contributed by atoms with E-state index in [9.17, 15) is 4.39 Å². The van der Waals surface area contributed by atoms with E-state index in [4.69, 9.17) is 0 Å². The van der Waals surface area contributed by atoms with Crippen molar-refractivity contribution in [2.75, 3.05) is 13.1 Å². The normalized spacial score (nSPS) is 15.3. The number of rotatable bonds is 6. The monoisotopic (exact) mass is 441 g/mol. The third-order valence-corrected chi connectivity index (χ3v) is 5.76. The summed E-state index contributed by atoms with van der Waals surface area (Å²) in [6, 6.07) is 15.3. The second-order valence-electron chi connectivity index (χ2n) is 7.73. The highest BCUT2D eigenvalue weighted by molar-refractivity contribution is 5.74. The van der Waals surface area contributed by atoms with E-state index in [1.54, 1.807) is 6.07 Å². The second kappa shape index (κ2) is 9.49. The van der Waals surface area contributed by atoms with Crippen molar-refractivity contribution >= 4 is 11.0 Å². The van der Waals surface area contributed by atoms with Crippen LogP contribution >= 0.6 is 0 Å². The third-order valence-electron chi connectivity index (χ3n) is 5.76. The number of likely N-dealkylation sites (tertiary alicyclic amines) is 1. The van der Waals surface area contributed by atoms with Crippen LogP contribution in [0.15, 0.2) is 48.5 Å². The molecule has 0 amide bonds. The zero-order chi connectivity index (χ0) is 20.3. The fourth-order valence-corrected chi connectivity index (χ4v) is 4.10. The number of piperidine rings is 1. The van der Waals surface area contributed by atoms with Crippen LogP contribution in [0.2, 0.25) is 0 Å². The molecule has 0 bridgehead atoms. The standard InChI is InChI=1S/C21H23FN8.ClH/c22-17-6-7-20-19(14-17)23-26-30(20)18-9-11-28(12-10-18)15-21-24-25-27-29(21)13-8-16-4-2-1-3-5-16;/h1-7,14,18H,8-13,15H2;1H/p-1. The Kier molecular flexibility index (Phi) is 6.53. The third kappa shape index (κ3) is 4.72. The Bertz CT molecular complexity index is 1120. The quantitative estimate of drug-likeness (QED) is 0.407. The summed E-state index contributed by atoms with van der Waals surface area (Å²) in [5.41, 5.74) is 2.77. The number of aryl methyl sites for hydroxylation is 2. The van der Waals surface area contributed by atoms with E-state index in [1.807, 2.05) is 15.4 Å². The second-order valence-corrected chi connectivity index (χ2v) is 7.73. The summed E-state index contributed by atoms with van der Waals surface area (Å²) in [7, 11) is 0. The Hall–Kier alpha value is -2.91. The number of hydrogen-bond acceptors (Lipinski definition) is 6. The van der Waals surface area contributed by atoms with Gasteiger partial charge in [0.1, 0.15) is 11.3 Å². The lowest BCUT2D eigenvalue weighted by molar-refractivity contribution is -0.00000701. The minimum atomic E-state index is -0.283. The molecule has 0 radical (unpaired) electrons. The summed E-state index contributed by atoms with van der Waals surface area (Å²) in [5.74, 6) is 0.611. The predicted octanol–water partition coefficient (Wildman–Crippen LogP) is -0.359. The van der Waals surface area contributed by atoms with Crippen molar-refractivity contribution in [3.63, 3.8) is 0 Å². The molecule has 1 aliphatic rings. The minimum absolute atomic E-state index is 0. The van der Waals surface area contributed by atoms with Gasteiger partial charge in [0.05, 0.1) is 18.1 Å². The maximum Gasteiger partial charge on any atom is 0.165 e. The van der Waals surface area contributed by atoms with E-state index in [0.717, 1.165) is 56.8 Å². The highest BCUT2D eigenvalue weighted by Gasteiger charge is 2.24. The molecule has 8 nitrogen and oxygen atoms in total. The SMILES string of the molecule is Fc1ccc2c(c1)nnn2C1CCN(Cc2nnnn2CCc2ccccc2)CC1.[Cl-]. The summed E-state index contributed by atoms with van der Waals surface area (Å²) >= 11 is 0. The Morgan fingerprint density at radius 3 is 2.58 bits per heavy atom. The molecule has 1 fully saturated rings. The molecule has 0 N–H and O–H groups in total. The highest BCUT2D eigenvalue weighted by Crippen LogP contribution is 2.26. The van der Waals surface area contributed by atoms with Crippen LogP contribution in [0.5, 0.6) is 0 Å². The molecule has 3 heterocycles. The first-order valence-corrected chi connectivity index (χ1v) is 10.3. The summed E-state index contributed by atoms with van der Waals surface area (Å²) in [6.07, 6.45) is 2.82. The van der Waals surface area contributed by atoms with Crippen LogP contribution in [0.4, 0.5) is 4.39 Å². The molecule has 0 unspecified atom stereocenters. The van der Waals surface area contributed by atoms with Crippen LogP contribution in [0.25, 0.3) is 11.0 Å². The lowest BCUT2D eigenvalue weighted by Crippen LogP contribution is -3.00. The van der Waals surface area contributed by atoms with Gasteiger partial charge in [-0.05, 0) is 47.4 Å². The maximum absolute atomic E-state index is 13.4. The van der Waals surface area contributed by atoms with Crippen LogP contribution in [0.1, 0.15) is 30.3 Å². The lowest BCUT2D eigenvalue weighted by Gasteiger charge is -2.31. The smallest absolute Gasteiger partial charge is 0.165 e. The number of fused-ring (bicyclic) bond motifs is 1. The van der Waals surface area contributed by atoms with Gasteiger partial charge in [-0.1, -0.05) is 35.5 Å². The van der Waals surface area contributed by atoms with E-state index < -0.39 is 0 Å². The largest absolute Gasteiger partial charge is 1.00 e. The fourth-order valence-electron chi connectivity index (χ4n) is 4.10. The van der Waals surface area contributed by atoms with Crippen LogP contribution in [-0.4, -0.2) is 53.2 Å². The number of benzene rings is 2. The maximum atomic E-state index is 13.4. The van der Waals surface area contributed by atoms with Gasteiger partial charge in [-0.3, -0.25) is 4.90 Å². The molecule has 31 heavy (non-hydrogen) atoms. The molecular formula is C21H23ClFN8-. The molecule has 10 heteroatoms. The van der Waals surface area contributed by atoms with Gasteiger partial charge in [0.2, 0.25) is 0 Å². The Morgan fingerprint density at radius 2 is 1.77 bits per heavy atom. The molecule has 2 aromatic heterocycles. The van der Waals surface area contributed by atoms with Gasteiger partial charge >= 0.3 is 0 Å². The van der Waals surface area contributed by atoms with Gasteiger partial charge < -0.3 is 12.4 Å². The zero-order valence-electron chi connectivity index (χ0n) is 17.0. The van der Waals surface area contributed by atoms with E-state index in [2.05, 4.69) is 55.0 Å². The molecule has 1 saturated heterocycles. The van der Waals surface area contributed by atoms with Crippen molar-refractivity contribution in [1.29, 1.82) is 0 Å². The average molecular weight is 442 g/mol. The van der Waals surface area contributed by atoms with Gasteiger partial charge in [-0.2, -0.15) is 0 Å². The average Bonchev–Trinajstić information content (AvgIpc) is 3.40. The van der Waals surface area contributed by atoms with Crippen LogP contribution in [-0.2, 0) is 19.5 Å². The molecule has 5 rings (SSSR count). The molecule has 1 aliphatic heterocycles. The number of nitrogens with zero attached hydrogens (tertiary/aromatic N) is 8. The van der Waals surface area contributed by atoms with Gasteiger partial charge in [0.25, 0.3) is 0 Å². The van der Waals surface area contributed by atoms with Crippen LogP contribution in [0, 0.1) is 5.82 Å². The molecule has 4 aromatic rings. The summed E-state index contributed by atoms with van der Waals surface area (Å²) in [6.45, 7) is 3.36. The highest BCUT2D eigenvalue weighted by atomic mass is 35.5. The van der Waals surface area contributed by atoms with E-state index in [0.29, 0.717) is 5.52 Å². The van der Waals surface area contributed by atoms with E-state index in [1.165, 1.54) is 17.7 Å².